The summed E-state index contributed by atoms with van der Waals surface area (Å²) in [5.41, 5.74) is -0.120. The van der Waals surface area contributed by atoms with E-state index < -0.39 is 32.5 Å². The molecule has 0 bridgehead atoms. The molecule has 34 heavy (non-hydrogen) atoms. The minimum atomic E-state index is -4.69. The summed E-state index contributed by atoms with van der Waals surface area (Å²) in [5, 5.41) is 0.340. The lowest BCUT2D eigenvalue weighted by Gasteiger charge is -2.31. The van der Waals surface area contributed by atoms with Crippen molar-refractivity contribution >= 4 is 38.9 Å². The fourth-order valence-electron chi connectivity index (χ4n) is 3.69. The fourth-order valence-corrected chi connectivity index (χ4v) is 5.73. The Hall–Kier alpha value is -2.49. The molecule has 180 valence electrons. The summed E-state index contributed by atoms with van der Waals surface area (Å²) < 4.78 is 86.8. The van der Waals surface area contributed by atoms with Crippen LogP contribution in [0.25, 0.3) is 0 Å². The van der Waals surface area contributed by atoms with E-state index in [-0.39, 0.29) is 40.2 Å². The largest absolute Gasteiger partial charge is 0.487 e. The predicted molar refractivity (Wildman–Crippen MR) is 121 cm³/mol. The van der Waals surface area contributed by atoms with Crippen molar-refractivity contribution in [2.75, 3.05) is 10.8 Å². The molecule has 0 N–H and O–H groups in total. The zero-order valence-corrected chi connectivity index (χ0v) is 19.7. The number of rotatable bonds is 5. The lowest BCUT2D eigenvalue weighted by atomic mass is 10.0. The van der Waals surface area contributed by atoms with Gasteiger partial charge in [-0.25, -0.2) is 12.8 Å². The molecule has 0 saturated carbocycles. The van der Waals surface area contributed by atoms with Crippen LogP contribution in [-0.4, -0.2) is 15.0 Å². The zero-order valence-electron chi connectivity index (χ0n) is 17.4. The molecule has 1 aliphatic rings. The van der Waals surface area contributed by atoms with Crippen LogP contribution in [-0.2, 0) is 29.2 Å². The highest BCUT2D eigenvalue weighted by atomic mass is 35.5. The van der Waals surface area contributed by atoms with Gasteiger partial charge in [-0.3, -0.25) is 4.31 Å². The van der Waals surface area contributed by atoms with Gasteiger partial charge in [0, 0.05) is 18.2 Å². The summed E-state index contributed by atoms with van der Waals surface area (Å²) in [5.74, 6) is -0.485. The number of halogens is 6. The molecule has 0 saturated heterocycles. The molecule has 0 aliphatic carbocycles. The van der Waals surface area contributed by atoms with Gasteiger partial charge >= 0.3 is 6.18 Å². The predicted octanol–water partition coefficient (Wildman–Crippen LogP) is 6.87. The van der Waals surface area contributed by atoms with Gasteiger partial charge in [-0.2, -0.15) is 13.2 Å². The SMILES string of the molecule is O=S(=O)(c1cccc(C(F)(F)F)c1)N1CCCc2cc(Cl)c(OCc3c(F)cccc3Cl)cc21. The van der Waals surface area contributed by atoms with Crippen molar-refractivity contribution in [3.8, 4) is 5.75 Å². The number of fused-ring (bicyclic) bond motifs is 1. The lowest BCUT2D eigenvalue weighted by molar-refractivity contribution is -0.137. The second-order valence-electron chi connectivity index (χ2n) is 7.61. The Bertz CT molecular complexity index is 1330. The van der Waals surface area contributed by atoms with E-state index in [0.29, 0.717) is 24.5 Å². The van der Waals surface area contributed by atoms with Crippen LogP contribution in [0.3, 0.4) is 0 Å². The molecule has 4 nitrogen and oxygen atoms in total. The van der Waals surface area contributed by atoms with E-state index in [2.05, 4.69) is 0 Å². The topological polar surface area (TPSA) is 46.6 Å². The van der Waals surface area contributed by atoms with Gasteiger partial charge in [0.2, 0.25) is 0 Å². The van der Waals surface area contributed by atoms with Crippen LogP contribution in [0.1, 0.15) is 23.1 Å². The first-order valence-electron chi connectivity index (χ1n) is 10.1. The number of ether oxygens (including phenoxy) is 1. The van der Waals surface area contributed by atoms with Crippen LogP contribution in [0.5, 0.6) is 5.75 Å². The molecule has 0 fully saturated rings. The molecule has 0 atom stereocenters. The smallest absolute Gasteiger partial charge is 0.416 e. The average molecular weight is 534 g/mol. The molecule has 0 amide bonds. The average Bonchev–Trinajstić information content (AvgIpc) is 2.78. The van der Waals surface area contributed by atoms with E-state index in [0.717, 1.165) is 22.5 Å². The highest BCUT2D eigenvalue weighted by Gasteiger charge is 2.34. The molecule has 3 aromatic rings. The minimum Gasteiger partial charge on any atom is -0.487 e. The van der Waals surface area contributed by atoms with Gasteiger partial charge < -0.3 is 4.74 Å². The summed E-state index contributed by atoms with van der Waals surface area (Å²) in [6.45, 7) is -0.198. The van der Waals surface area contributed by atoms with Crippen molar-refractivity contribution in [2.24, 2.45) is 0 Å². The van der Waals surface area contributed by atoms with Gasteiger partial charge in [-0.1, -0.05) is 35.3 Å². The Morgan fingerprint density at radius 1 is 1.00 bits per heavy atom. The second-order valence-corrected chi connectivity index (χ2v) is 10.3. The number of benzene rings is 3. The lowest BCUT2D eigenvalue weighted by Crippen LogP contribution is -2.35. The Kier molecular flexibility index (Phi) is 6.72. The van der Waals surface area contributed by atoms with E-state index in [1.807, 2.05) is 0 Å². The molecule has 3 aromatic carbocycles. The molecule has 0 unspecified atom stereocenters. The molecular weight excluding hydrogens is 517 g/mol. The van der Waals surface area contributed by atoms with Crippen molar-refractivity contribution in [2.45, 2.75) is 30.5 Å². The third kappa shape index (κ3) is 4.82. The van der Waals surface area contributed by atoms with Gasteiger partial charge in [-0.15, -0.1) is 0 Å². The van der Waals surface area contributed by atoms with Gasteiger partial charge in [0.25, 0.3) is 10.0 Å². The summed E-state index contributed by atoms with van der Waals surface area (Å²) in [4.78, 5) is -0.481. The summed E-state index contributed by atoms with van der Waals surface area (Å²) in [7, 11) is -4.31. The van der Waals surface area contributed by atoms with Crippen LogP contribution in [0, 0.1) is 5.82 Å². The van der Waals surface area contributed by atoms with Gasteiger partial charge in [0.15, 0.2) is 0 Å². The van der Waals surface area contributed by atoms with Crippen LogP contribution in [0.4, 0.5) is 23.2 Å². The van der Waals surface area contributed by atoms with Crippen LogP contribution in [0.15, 0.2) is 59.5 Å². The number of sulfonamides is 1. The van der Waals surface area contributed by atoms with E-state index in [4.69, 9.17) is 27.9 Å². The maximum atomic E-state index is 14.1. The number of aryl methyl sites for hydroxylation is 1. The van der Waals surface area contributed by atoms with Crippen molar-refractivity contribution in [1.29, 1.82) is 0 Å². The van der Waals surface area contributed by atoms with Crippen LogP contribution < -0.4 is 9.04 Å². The normalized spacial score (nSPS) is 14.1. The van der Waals surface area contributed by atoms with Gasteiger partial charge in [0.05, 0.1) is 26.2 Å². The van der Waals surface area contributed by atoms with Crippen molar-refractivity contribution in [1.82, 2.24) is 0 Å². The zero-order chi connectivity index (χ0) is 24.7. The number of hydrogen-bond donors (Lipinski definition) is 0. The highest BCUT2D eigenvalue weighted by Crippen LogP contribution is 2.40. The summed E-state index contributed by atoms with van der Waals surface area (Å²) in [6, 6.07) is 10.7. The van der Waals surface area contributed by atoms with E-state index >= 15 is 0 Å². The monoisotopic (exact) mass is 533 g/mol. The Balaban J connectivity index is 1.70. The maximum absolute atomic E-state index is 14.1. The number of nitrogens with zero attached hydrogens (tertiary/aromatic N) is 1. The number of hydrogen-bond acceptors (Lipinski definition) is 3. The summed E-state index contributed by atoms with van der Waals surface area (Å²) >= 11 is 12.3. The third-order valence-electron chi connectivity index (χ3n) is 5.39. The van der Waals surface area contributed by atoms with E-state index in [9.17, 15) is 26.0 Å². The van der Waals surface area contributed by atoms with E-state index in [1.165, 1.54) is 24.3 Å². The molecule has 4 rings (SSSR count). The standard InChI is InChI=1S/C23H17Cl2F4NO3S/c24-18-7-2-8-20(26)17(18)13-33-22-12-21-14(10-19(22)25)4-3-9-30(21)34(31,32)16-6-1-5-15(11-16)23(27,28)29/h1-2,5-8,10-12H,3-4,9,13H2. The maximum Gasteiger partial charge on any atom is 0.416 e. The second kappa shape index (κ2) is 9.28. The third-order valence-corrected chi connectivity index (χ3v) is 7.85. The summed E-state index contributed by atoms with van der Waals surface area (Å²) in [6.07, 6.45) is -3.72. The Labute approximate surface area is 203 Å². The minimum absolute atomic E-state index is 0.0613. The first kappa shape index (κ1) is 24.6. The number of anilines is 1. The first-order valence-corrected chi connectivity index (χ1v) is 12.3. The molecular formula is C23H17Cl2F4NO3S. The molecule has 0 spiro atoms. The molecule has 0 aromatic heterocycles. The molecule has 1 aliphatic heterocycles. The Morgan fingerprint density at radius 3 is 2.44 bits per heavy atom. The van der Waals surface area contributed by atoms with Crippen molar-refractivity contribution in [3.05, 3.63) is 87.2 Å². The van der Waals surface area contributed by atoms with Crippen molar-refractivity contribution < 1.29 is 30.7 Å². The molecule has 11 heteroatoms. The molecule has 0 radical (unpaired) electrons. The van der Waals surface area contributed by atoms with Crippen LogP contribution in [0.2, 0.25) is 10.0 Å². The fraction of sp³-hybridized carbons (Fsp3) is 0.217. The van der Waals surface area contributed by atoms with E-state index in [1.54, 1.807) is 6.07 Å². The van der Waals surface area contributed by atoms with Crippen LogP contribution >= 0.6 is 23.2 Å². The van der Waals surface area contributed by atoms with Crippen molar-refractivity contribution in [3.63, 3.8) is 0 Å². The highest BCUT2D eigenvalue weighted by molar-refractivity contribution is 7.92. The van der Waals surface area contributed by atoms with Gasteiger partial charge in [0.1, 0.15) is 18.2 Å². The Morgan fingerprint density at radius 2 is 1.74 bits per heavy atom. The van der Waals surface area contributed by atoms with Gasteiger partial charge in [-0.05, 0) is 54.8 Å². The quantitative estimate of drug-likeness (QED) is 0.336. The molecule has 1 heterocycles. The number of alkyl halides is 3. The first-order chi connectivity index (χ1) is 16.0.